The first-order chi connectivity index (χ1) is 13.6. The second kappa shape index (κ2) is 9.46. The van der Waals surface area contributed by atoms with E-state index in [-0.39, 0.29) is 11.8 Å². The Morgan fingerprint density at radius 3 is 2.21 bits per heavy atom. The molecular weight excluding hydrogens is 350 g/mol. The van der Waals surface area contributed by atoms with Gasteiger partial charge in [-0.15, -0.1) is 0 Å². The van der Waals surface area contributed by atoms with E-state index in [0.29, 0.717) is 24.2 Å². The molecular formula is C23H23N3O2. The summed E-state index contributed by atoms with van der Waals surface area (Å²) in [6.45, 7) is 1.05. The zero-order valence-electron chi connectivity index (χ0n) is 15.8. The van der Waals surface area contributed by atoms with Crippen molar-refractivity contribution in [3.8, 4) is 0 Å². The number of hydrogen-bond acceptors (Lipinski definition) is 3. The van der Waals surface area contributed by atoms with Crippen LogP contribution in [0, 0.1) is 0 Å². The van der Waals surface area contributed by atoms with Gasteiger partial charge in [0.2, 0.25) is 0 Å². The van der Waals surface area contributed by atoms with Crippen molar-refractivity contribution in [2.45, 2.75) is 13.0 Å². The van der Waals surface area contributed by atoms with E-state index in [1.54, 1.807) is 48.6 Å². The molecule has 0 spiro atoms. The molecule has 0 aliphatic rings. The van der Waals surface area contributed by atoms with Gasteiger partial charge in [-0.05, 0) is 53.9 Å². The van der Waals surface area contributed by atoms with Crippen LogP contribution in [0.3, 0.4) is 0 Å². The van der Waals surface area contributed by atoms with Crippen molar-refractivity contribution in [3.05, 3.63) is 101 Å². The number of carbonyl (C=O) groups excluding carboxylic acids is 2. The van der Waals surface area contributed by atoms with Crippen molar-refractivity contribution < 1.29 is 9.59 Å². The Morgan fingerprint density at radius 2 is 1.54 bits per heavy atom. The number of carbonyl (C=O) groups is 2. The second-order valence-corrected chi connectivity index (χ2v) is 6.58. The highest BCUT2D eigenvalue weighted by molar-refractivity contribution is 5.94. The summed E-state index contributed by atoms with van der Waals surface area (Å²) in [6.07, 6.45) is 4.30. The van der Waals surface area contributed by atoms with Crippen molar-refractivity contribution in [2.75, 3.05) is 13.6 Å². The molecule has 0 radical (unpaired) electrons. The van der Waals surface area contributed by atoms with Crippen LogP contribution in [0.1, 0.15) is 31.8 Å². The summed E-state index contributed by atoms with van der Waals surface area (Å²) in [5, 5.41) is 2.89. The first kappa shape index (κ1) is 19.3. The van der Waals surface area contributed by atoms with E-state index in [4.69, 9.17) is 0 Å². The van der Waals surface area contributed by atoms with Gasteiger partial charge in [0, 0.05) is 43.7 Å². The van der Waals surface area contributed by atoms with Crippen LogP contribution in [-0.4, -0.2) is 35.3 Å². The molecule has 1 N–H and O–H groups in total. The van der Waals surface area contributed by atoms with E-state index in [9.17, 15) is 9.59 Å². The van der Waals surface area contributed by atoms with Gasteiger partial charge in [0.05, 0.1) is 0 Å². The fourth-order valence-electron chi connectivity index (χ4n) is 2.81. The predicted molar refractivity (Wildman–Crippen MR) is 109 cm³/mol. The standard InChI is InChI=1S/C23H23N3O2/c1-26(16-13-18-11-14-24-15-12-18)23(28)21-9-7-19(8-10-21)17-25-22(27)20-5-3-2-4-6-20/h2-12,14-15H,13,16-17H2,1H3,(H,25,27). The molecule has 0 atom stereocenters. The Balaban J connectivity index is 1.51. The minimum absolute atomic E-state index is 0.0195. The number of likely N-dealkylation sites (N-methyl/N-ethyl adjacent to an activating group) is 1. The Bertz CT molecular complexity index is 910. The van der Waals surface area contributed by atoms with E-state index in [2.05, 4.69) is 10.3 Å². The van der Waals surface area contributed by atoms with Crippen molar-refractivity contribution in [3.63, 3.8) is 0 Å². The van der Waals surface area contributed by atoms with Gasteiger partial charge < -0.3 is 10.2 Å². The first-order valence-corrected chi connectivity index (χ1v) is 9.20. The van der Waals surface area contributed by atoms with Crippen molar-refractivity contribution in [1.82, 2.24) is 15.2 Å². The van der Waals surface area contributed by atoms with Gasteiger partial charge >= 0.3 is 0 Å². The molecule has 0 fully saturated rings. The maximum Gasteiger partial charge on any atom is 0.253 e. The largest absolute Gasteiger partial charge is 0.348 e. The lowest BCUT2D eigenvalue weighted by Gasteiger charge is -2.17. The van der Waals surface area contributed by atoms with Gasteiger partial charge in [0.1, 0.15) is 0 Å². The number of aromatic nitrogens is 1. The Labute approximate surface area is 165 Å². The number of nitrogens with zero attached hydrogens (tertiary/aromatic N) is 2. The van der Waals surface area contributed by atoms with Crippen LogP contribution in [0.15, 0.2) is 79.1 Å². The number of rotatable bonds is 7. The van der Waals surface area contributed by atoms with Gasteiger partial charge in [-0.3, -0.25) is 14.6 Å². The highest BCUT2D eigenvalue weighted by Crippen LogP contribution is 2.09. The molecule has 0 unspecified atom stereocenters. The minimum atomic E-state index is -0.114. The van der Waals surface area contributed by atoms with Crippen LogP contribution in [0.4, 0.5) is 0 Å². The fraction of sp³-hybridized carbons (Fsp3) is 0.174. The molecule has 3 aromatic rings. The molecule has 0 saturated heterocycles. The van der Waals surface area contributed by atoms with Crippen LogP contribution in [0.2, 0.25) is 0 Å². The summed E-state index contributed by atoms with van der Waals surface area (Å²) >= 11 is 0. The smallest absolute Gasteiger partial charge is 0.253 e. The molecule has 5 heteroatoms. The summed E-state index contributed by atoms with van der Waals surface area (Å²) in [7, 11) is 1.80. The van der Waals surface area contributed by atoms with E-state index < -0.39 is 0 Å². The predicted octanol–water partition coefficient (Wildman–Crippen LogP) is 3.33. The van der Waals surface area contributed by atoms with Gasteiger partial charge in [0.25, 0.3) is 11.8 Å². The Kier molecular flexibility index (Phi) is 6.52. The summed E-state index contributed by atoms with van der Waals surface area (Å²) in [6, 6.07) is 20.3. The SMILES string of the molecule is CN(CCc1ccncc1)C(=O)c1ccc(CNC(=O)c2ccccc2)cc1. The Hall–Kier alpha value is -3.47. The average molecular weight is 373 g/mol. The maximum atomic E-state index is 12.6. The lowest BCUT2D eigenvalue weighted by molar-refractivity contribution is 0.0796. The molecule has 2 amide bonds. The molecule has 3 rings (SSSR count). The zero-order valence-corrected chi connectivity index (χ0v) is 15.8. The second-order valence-electron chi connectivity index (χ2n) is 6.58. The normalized spacial score (nSPS) is 10.3. The number of benzene rings is 2. The monoisotopic (exact) mass is 373 g/mol. The van der Waals surface area contributed by atoms with Crippen LogP contribution in [-0.2, 0) is 13.0 Å². The third kappa shape index (κ3) is 5.27. The van der Waals surface area contributed by atoms with Crippen LogP contribution in [0.25, 0.3) is 0 Å². The van der Waals surface area contributed by atoms with Crippen LogP contribution < -0.4 is 5.32 Å². The van der Waals surface area contributed by atoms with Crippen LogP contribution in [0.5, 0.6) is 0 Å². The van der Waals surface area contributed by atoms with Crippen molar-refractivity contribution in [1.29, 1.82) is 0 Å². The molecule has 1 aromatic heterocycles. The van der Waals surface area contributed by atoms with E-state index >= 15 is 0 Å². The first-order valence-electron chi connectivity index (χ1n) is 9.20. The molecule has 28 heavy (non-hydrogen) atoms. The number of hydrogen-bond donors (Lipinski definition) is 1. The number of pyridine rings is 1. The average Bonchev–Trinajstić information content (AvgIpc) is 2.77. The third-order valence-corrected chi connectivity index (χ3v) is 4.52. The molecule has 0 saturated carbocycles. The van der Waals surface area contributed by atoms with E-state index in [1.807, 2.05) is 42.5 Å². The number of amides is 2. The zero-order chi connectivity index (χ0) is 19.8. The fourth-order valence-corrected chi connectivity index (χ4v) is 2.81. The maximum absolute atomic E-state index is 12.6. The molecule has 5 nitrogen and oxygen atoms in total. The highest BCUT2D eigenvalue weighted by atomic mass is 16.2. The van der Waals surface area contributed by atoms with E-state index in [0.717, 1.165) is 17.5 Å². The quantitative estimate of drug-likeness (QED) is 0.691. The lowest BCUT2D eigenvalue weighted by atomic mass is 10.1. The summed E-state index contributed by atoms with van der Waals surface area (Å²) in [5.41, 5.74) is 3.36. The summed E-state index contributed by atoms with van der Waals surface area (Å²) in [4.78, 5) is 30.4. The van der Waals surface area contributed by atoms with Crippen LogP contribution >= 0.6 is 0 Å². The van der Waals surface area contributed by atoms with Gasteiger partial charge in [0.15, 0.2) is 0 Å². The van der Waals surface area contributed by atoms with Crippen molar-refractivity contribution >= 4 is 11.8 Å². The minimum Gasteiger partial charge on any atom is -0.348 e. The van der Waals surface area contributed by atoms with Gasteiger partial charge in [-0.25, -0.2) is 0 Å². The third-order valence-electron chi connectivity index (χ3n) is 4.52. The highest BCUT2D eigenvalue weighted by Gasteiger charge is 2.12. The van der Waals surface area contributed by atoms with E-state index in [1.165, 1.54) is 0 Å². The molecule has 142 valence electrons. The molecule has 2 aromatic carbocycles. The molecule has 1 heterocycles. The molecule has 0 aliphatic heterocycles. The summed E-state index contributed by atoms with van der Waals surface area (Å²) in [5.74, 6) is -0.134. The topological polar surface area (TPSA) is 62.3 Å². The Morgan fingerprint density at radius 1 is 0.857 bits per heavy atom. The van der Waals surface area contributed by atoms with Gasteiger partial charge in [-0.1, -0.05) is 30.3 Å². The lowest BCUT2D eigenvalue weighted by Crippen LogP contribution is -2.29. The summed E-state index contributed by atoms with van der Waals surface area (Å²) < 4.78 is 0. The molecule has 0 aliphatic carbocycles. The number of nitrogens with one attached hydrogen (secondary N) is 1. The molecule has 0 bridgehead atoms. The van der Waals surface area contributed by atoms with Gasteiger partial charge in [-0.2, -0.15) is 0 Å². The van der Waals surface area contributed by atoms with Crippen molar-refractivity contribution in [2.24, 2.45) is 0 Å².